The number of anilines is 2. The lowest BCUT2D eigenvalue weighted by atomic mass is 10.1. The molecule has 8 heteroatoms. The van der Waals surface area contributed by atoms with Crippen molar-refractivity contribution >= 4 is 34.4 Å². The number of fused-ring (bicyclic) bond motifs is 1. The third-order valence-corrected chi connectivity index (χ3v) is 5.70. The Bertz CT molecular complexity index is 1190. The van der Waals surface area contributed by atoms with E-state index in [-0.39, 0.29) is 6.10 Å². The minimum Gasteiger partial charge on any atom is -0.383 e. The van der Waals surface area contributed by atoms with Crippen LogP contribution < -0.4 is 11.1 Å². The zero-order valence-electron chi connectivity index (χ0n) is 17.0. The molecule has 3 N–H and O–H groups in total. The van der Waals surface area contributed by atoms with E-state index in [1.54, 1.807) is 4.68 Å². The first-order chi connectivity index (χ1) is 15.2. The maximum absolute atomic E-state index is 6.53. The number of hydrogen-bond donors (Lipinski definition) is 2. The molecule has 0 aliphatic carbocycles. The van der Waals surface area contributed by atoms with E-state index in [2.05, 4.69) is 10.3 Å². The van der Waals surface area contributed by atoms with Gasteiger partial charge in [-0.25, -0.2) is 9.67 Å². The lowest BCUT2D eigenvalue weighted by Gasteiger charge is -2.12. The van der Waals surface area contributed by atoms with Crippen LogP contribution in [0.4, 0.5) is 11.8 Å². The van der Waals surface area contributed by atoms with E-state index in [1.807, 2.05) is 54.6 Å². The van der Waals surface area contributed by atoms with E-state index >= 15 is 0 Å². The molecule has 1 saturated heterocycles. The molecule has 1 fully saturated rings. The average molecular weight is 435 g/mol. The highest BCUT2D eigenvalue weighted by Gasteiger charge is 2.20. The first-order valence-corrected chi connectivity index (χ1v) is 10.7. The minimum absolute atomic E-state index is 0.180. The van der Waals surface area contributed by atoms with Gasteiger partial charge in [0.2, 0.25) is 5.95 Å². The van der Waals surface area contributed by atoms with Crippen LogP contribution in [-0.4, -0.2) is 39.0 Å². The van der Waals surface area contributed by atoms with Crippen LogP contribution in [0.25, 0.3) is 22.3 Å². The van der Waals surface area contributed by atoms with E-state index < -0.39 is 0 Å². The van der Waals surface area contributed by atoms with Gasteiger partial charge in [-0.3, -0.25) is 0 Å². The Kier molecular flexibility index (Phi) is 5.44. The summed E-state index contributed by atoms with van der Waals surface area (Å²) >= 11 is 6.10. The van der Waals surface area contributed by atoms with Gasteiger partial charge < -0.3 is 15.8 Å². The Hall–Kier alpha value is -3.16. The SMILES string of the molecule is Nc1c2c(-c3ccc(Cl)cc3)nc(NC[C@H]3CCCO3)nc2nn1Cc1ccccc1. The second-order valence-corrected chi connectivity index (χ2v) is 8.08. The van der Waals surface area contributed by atoms with Gasteiger partial charge in [0.1, 0.15) is 5.82 Å². The molecule has 1 aliphatic heterocycles. The summed E-state index contributed by atoms with van der Waals surface area (Å²) < 4.78 is 7.48. The predicted octanol–water partition coefficient (Wildman–Crippen LogP) is 4.37. The smallest absolute Gasteiger partial charge is 0.225 e. The molecular weight excluding hydrogens is 412 g/mol. The van der Waals surface area contributed by atoms with Gasteiger partial charge in [0.15, 0.2) is 5.65 Å². The number of nitrogens with two attached hydrogens (primary N) is 1. The quantitative estimate of drug-likeness (QED) is 0.468. The minimum atomic E-state index is 0.180. The monoisotopic (exact) mass is 434 g/mol. The van der Waals surface area contributed by atoms with Gasteiger partial charge in [0.05, 0.1) is 23.7 Å². The molecule has 31 heavy (non-hydrogen) atoms. The molecule has 0 bridgehead atoms. The Morgan fingerprint density at radius 3 is 2.65 bits per heavy atom. The summed E-state index contributed by atoms with van der Waals surface area (Å²) in [6, 6.07) is 17.6. The van der Waals surface area contributed by atoms with Crippen LogP contribution in [0.15, 0.2) is 54.6 Å². The molecule has 5 rings (SSSR count). The predicted molar refractivity (Wildman–Crippen MR) is 123 cm³/mol. The fourth-order valence-corrected chi connectivity index (χ4v) is 3.96. The van der Waals surface area contributed by atoms with Gasteiger partial charge in [-0.1, -0.05) is 54.1 Å². The van der Waals surface area contributed by atoms with Gasteiger partial charge >= 0.3 is 0 Å². The van der Waals surface area contributed by atoms with Crippen molar-refractivity contribution in [1.29, 1.82) is 0 Å². The van der Waals surface area contributed by atoms with Crippen LogP contribution in [0.2, 0.25) is 5.02 Å². The van der Waals surface area contributed by atoms with Crippen molar-refractivity contribution in [1.82, 2.24) is 19.7 Å². The average Bonchev–Trinajstić information content (AvgIpc) is 3.41. The first kappa shape index (κ1) is 19.8. The maximum Gasteiger partial charge on any atom is 0.225 e. The standard InChI is InChI=1S/C23H23ClN6O/c24-17-10-8-16(9-11-17)20-19-21(25)30(14-15-5-2-1-3-6-15)29-22(19)28-23(27-20)26-13-18-7-4-12-31-18/h1-3,5-6,8-11,18H,4,7,12-14,25H2,(H,26,28,29)/t18-/m1/s1. The van der Waals surface area contributed by atoms with Crippen LogP contribution in [0.3, 0.4) is 0 Å². The number of nitrogens with zero attached hydrogens (tertiary/aromatic N) is 4. The van der Waals surface area contributed by atoms with Crippen molar-refractivity contribution in [3.63, 3.8) is 0 Å². The Morgan fingerprint density at radius 2 is 1.90 bits per heavy atom. The van der Waals surface area contributed by atoms with Crippen LogP contribution in [0.5, 0.6) is 0 Å². The van der Waals surface area contributed by atoms with Gasteiger partial charge in [-0.05, 0) is 30.5 Å². The van der Waals surface area contributed by atoms with Gasteiger partial charge in [0.25, 0.3) is 0 Å². The zero-order chi connectivity index (χ0) is 21.2. The lowest BCUT2D eigenvalue weighted by molar-refractivity contribution is 0.120. The van der Waals surface area contributed by atoms with Gasteiger partial charge in [-0.15, -0.1) is 5.10 Å². The fraction of sp³-hybridized carbons (Fsp3) is 0.261. The molecule has 0 amide bonds. The molecule has 0 saturated carbocycles. The molecular formula is C23H23ClN6O. The fourth-order valence-electron chi connectivity index (χ4n) is 3.84. The lowest BCUT2D eigenvalue weighted by Crippen LogP contribution is -2.19. The van der Waals surface area contributed by atoms with Crippen molar-refractivity contribution < 1.29 is 4.74 Å². The summed E-state index contributed by atoms with van der Waals surface area (Å²) in [7, 11) is 0. The first-order valence-electron chi connectivity index (χ1n) is 10.4. The highest BCUT2D eigenvalue weighted by Crippen LogP contribution is 2.32. The van der Waals surface area contributed by atoms with Crippen LogP contribution in [0.1, 0.15) is 18.4 Å². The summed E-state index contributed by atoms with van der Waals surface area (Å²) in [5.74, 6) is 1.05. The molecule has 1 atom stereocenters. The van der Waals surface area contributed by atoms with E-state index in [1.165, 1.54) is 0 Å². The highest BCUT2D eigenvalue weighted by atomic mass is 35.5. The van der Waals surface area contributed by atoms with Crippen molar-refractivity contribution in [2.45, 2.75) is 25.5 Å². The number of aromatic nitrogens is 4. The Balaban J connectivity index is 1.56. The van der Waals surface area contributed by atoms with Crippen molar-refractivity contribution in [2.75, 3.05) is 24.2 Å². The van der Waals surface area contributed by atoms with Gasteiger partial charge in [0, 0.05) is 23.7 Å². The Morgan fingerprint density at radius 1 is 1.10 bits per heavy atom. The third kappa shape index (κ3) is 4.19. The number of hydrogen-bond acceptors (Lipinski definition) is 6. The molecule has 4 aromatic rings. The van der Waals surface area contributed by atoms with E-state index in [0.29, 0.717) is 35.5 Å². The molecule has 2 aromatic heterocycles. The second kappa shape index (κ2) is 8.53. The molecule has 158 valence electrons. The number of rotatable bonds is 6. The molecule has 1 aliphatic rings. The topological polar surface area (TPSA) is 90.9 Å². The highest BCUT2D eigenvalue weighted by molar-refractivity contribution is 6.30. The summed E-state index contributed by atoms with van der Waals surface area (Å²) in [6.07, 6.45) is 2.31. The van der Waals surface area contributed by atoms with Gasteiger partial charge in [-0.2, -0.15) is 4.98 Å². The van der Waals surface area contributed by atoms with Crippen LogP contribution >= 0.6 is 11.6 Å². The second-order valence-electron chi connectivity index (χ2n) is 7.65. The maximum atomic E-state index is 6.53. The van der Waals surface area contributed by atoms with Crippen LogP contribution in [-0.2, 0) is 11.3 Å². The molecule has 3 heterocycles. The number of benzene rings is 2. The van der Waals surface area contributed by atoms with E-state index in [9.17, 15) is 0 Å². The zero-order valence-corrected chi connectivity index (χ0v) is 17.7. The number of nitrogens with one attached hydrogen (secondary N) is 1. The summed E-state index contributed by atoms with van der Waals surface area (Å²) in [6.45, 7) is 2.02. The third-order valence-electron chi connectivity index (χ3n) is 5.44. The molecule has 2 aromatic carbocycles. The molecule has 0 unspecified atom stereocenters. The number of nitrogen functional groups attached to an aromatic ring is 1. The normalized spacial score (nSPS) is 16.1. The summed E-state index contributed by atoms with van der Waals surface area (Å²) in [4.78, 5) is 9.44. The van der Waals surface area contributed by atoms with Crippen LogP contribution in [0, 0.1) is 0 Å². The van der Waals surface area contributed by atoms with Crippen molar-refractivity contribution in [2.24, 2.45) is 0 Å². The number of halogens is 1. The summed E-state index contributed by atoms with van der Waals surface area (Å²) in [5, 5.41) is 9.41. The van der Waals surface area contributed by atoms with E-state index in [0.717, 1.165) is 41.7 Å². The molecule has 7 nitrogen and oxygen atoms in total. The van der Waals surface area contributed by atoms with Crippen molar-refractivity contribution in [3.05, 3.63) is 65.2 Å². The largest absolute Gasteiger partial charge is 0.383 e. The summed E-state index contributed by atoms with van der Waals surface area (Å²) in [5.41, 5.74) is 9.84. The molecule has 0 radical (unpaired) electrons. The van der Waals surface area contributed by atoms with E-state index in [4.69, 9.17) is 32.2 Å². The molecule has 0 spiro atoms. The van der Waals surface area contributed by atoms with Crippen molar-refractivity contribution in [3.8, 4) is 11.3 Å². The number of ether oxygens (including phenoxy) is 1. The Labute approximate surface area is 185 Å².